The van der Waals surface area contributed by atoms with Crippen molar-refractivity contribution >= 4 is 11.9 Å². The fraction of sp³-hybridized carbons (Fsp3) is 0.800. The fourth-order valence-corrected chi connectivity index (χ4v) is 1.33. The largest absolute Gasteiger partial charge is 0.248 e. The second-order valence-electron chi connectivity index (χ2n) is 1.86. The molecule has 1 rings (SSSR count). The van der Waals surface area contributed by atoms with E-state index in [-0.39, 0.29) is 0 Å². The molecule has 2 nitrogen and oxygen atoms in total. The van der Waals surface area contributed by atoms with Crippen LogP contribution in [0.2, 0.25) is 0 Å². The third-order valence-corrected chi connectivity index (χ3v) is 2.10. The van der Waals surface area contributed by atoms with Crippen molar-refractivity contribution in [3.05, 3.63) is 0 Å². The van der Waals surface area contributed by atoms with Gasteiger partial charge in [0.1, 0.15) is 0 Å². The SMILES string of the molecule is CSN1CC(C#N)C1. The lowest BCUT2D eigenvalue weighted by molar-refractivity contribution is 0.274. The van der Waals surface area contributed by atoms with Crippen molar-refractivity contribution in [2.45, 2.75) is 0 Å². The molecule has 0 atom stereocenters. The molecule has 0 aromatic carbocycles. The number of nitrogens with zero attached hydrogens (tertiary/aromatic N) is 2. The summed E-state index contributed by atoms with van der Waals surface area (Å²) in [7, 11) is 0. The Labute approximate surface area is 53.6 Å². The van der Waals surface area contributed by atoms with E-state index in [4.69, 9.17) is 5.26 Å². The standard InChI is InChI=1S/C5H8N2S/c1-8-7-3-5(2-6)4-7/h5H,3-4H2,1H3. The topological polar surface area (TPSA) is 27.0 Å². The molecule has 0 aromatic heterocycles. The van der Waals surface area contributed by atoms with E-state index < -0.39 is 0 Å². The second kappa shape index (κ2) is 2.38. The zero-order valence-electron chi connectivity index (χ0n) is 4.79. The first-order valence-electron chi connectivity index (χ1n) is 2.55. The van der Waals surface area contributed by atoms with Gasteiger partial charge in [-0.05, 0) is 6.26 Å². The average molecular weight is 128 g/mol. The molecule has 0 aromatic rings. The van der Waals surface area contributed by atoms with E-state index in [2.05, 4.69) is 10.4 Å². The smallest absolute Gasteiger partial charge is 0.0736 e. The predicted octanol–water partition coefficient (Wildman–Crippen LogP) is 0.720. The van der Waals surface area contributed by atoms with Gasteiger partial charge in [-0.3, -0.25) is 0 Å². The second-order valence-corrected chi connectivity index (χ2v) is 2.74. The van der Waals surface area contributed by atoms with Gasteiger partial charge in [0.05, 0.1) is 12.0 Å². The quantitative estimate of drug-likeness (QED) is 0.487. The van der Waals surface area contributed by atoms with E-state index >= 15 is 0 Å². The van der Waals surface area contributed by atoms with E-state index in [0.29, 0.717) is 5.92 Å². The highest BCUT2D eigenvalue weighted by Crippen LogP contribution is 2.20. The highest BCUT2D eigenvalue weighted by atomic mass is 32.2. The molecule has 44 valence electrons. The van der Waals surface area contributed by atoms with Gasteiger partial charge in [0.25, 0.3) is 0 Å². The van der Waals surface area contributed by atoms with Gasteiger partial charge < -0.3 is 0 Å². The summed E-state index contributed by atoms with van der Waals surface area (Å²) in [5, 5.41) is 8.31. The Balaban J connectivity index is 2.14. The van der Waals surface area contributed by atoms with Crippen LogP contribution in [-0.2, 0) is 0 Å². The van der Waals surface area contributed by atoms with E-state index in [1.165, 1.54) is 0 Å². The molecule has 0 spiro atoms. The van der Waals surface area contributed by atoms with Gasteiger partial charge in [-0.2, -0.15) is 5.26 Å². The van der Waals surface area contributed by atoms with E-state index in [1.807, 2.05) is 6.26 Å². The normalized spacial score (nSPS) is 22.0. The molecule has 1 aliphatic rings. The van der Waals surface area contributed by atoms with Crippen LogP contribution in [0.3, 0.4) is 0 Å². The maximum Gasteiger partial charge on any atom is 0.0736 e. The third-order valence-electron chi connectivity index (χ3n) is 1.29. The van der Waals surface area contributed by atoms with E-state index in [0.717, 1.165) is 13.1 Å². The van der Waals surface area contributed by atoms with Crippen molar-refractivity contribution in [3.63, 3.8) is 0 Å². The maximum atomic E-state index is 8.31. The highest BCUT2D eigenvalue weighted by Gasteiger charge is 2.24. The lowest BCUT2D eigenvalue weighted by Crippen LogP contribution is -2.40. The summed E-state index contributed by atoms with van der Waals surface area (Å²) >= 11 is 1.71. The molecule has 0 bridgehead atoms. The van der Waals surface area contributed by atoms with Gasteiger partial charge in [-0.15, -0.1) is 0 Å². The molecule has 0 aliphatic carbocycles. The number of hydrogen-bond donors (Lipinski definition) is 0. The average Bonchev–Trinajstić information content (AvgIpc) is 1.65. The molecular weight excluding hydrogens is 120 g/mol. The van der Waals surface area contributed by atoms with Crippen molar-refractivity contribution in [2.24, 2.45) is 5.92 Å². The number of rotatable bonds is 1. The first-order valence-corrected chi connectivity index (χ1v) is 3.73. The Morgan fingerprint density at radius 3 is 2.75 bits per heavy atom. The number of hydrogen-bond acceptors (Lipinski definition) is 3. The third kappa shape index (κ3) is 0.960. The van der Waals surface area contributed by atoms with Crippen LogP contribution in [0.15, 0.2) is 0 Å². The first kappa shape index (κ1) is 5.93. The maximum absolute atomic E-state index is 8.31. The van der Waals surface area contributed by atoms with Crippen LogP contribution in [0, 0.1) is 17.2 Å². The Bertz CT molecular complexity index is 112. The summed E-state index contributed by atoms with van der Waals surface area (Å²) in [5.41, 5.74) is 0. The molecule has 0 saturated carbocycles. The van der Waals surface area contributed by atoms with Crippen LogP contribution in [-0.4, -0.2) is 23.7 Å². The van der Waals surface area contributed by atoms with Crippen molar-refractivity contribution in [1.29, 1.82) is 5.26 Å². The minimum Gasteiger partial charge on any atom is -0.248 e. The summed E-state index contributed by atoms with van der Waals surface area (Å²) < 4.78 is 2.17. The summed E-state index contributed by atoms with van der Waals surface area (Å²) in [4.78, 5) is 0. The summed E-state index contributed by atoms with van der Waals surface area (Å²) in [6.45, 7) is 1.91. The van der Waals surface area contributed by atoms with Crippen molar-refractivity contribution in [3.8, 4) is 6.07 Å². The Kier molecular flexibility index (Phi) is 1.77. The molecule has 8 heavy (non-hydrogen) atoms. The van der Waals surface area contributed by atoms with Crippen molar-refractivity contribution in [1.82, 2.24) is 4.31 Å². The Hall–Kier alpha value is -0.200. The first-order chi connectivity index (χ1) is 3.86. The lowest BCUT2D eigenvalue weighted by atomic mass is 10.1. The monoisotopic (exact) mass is 128 g/mol. The van der Waals surface area contributed by atoms with Crippen LogP contribution in [0.5, 0.6) is 0 Å². The van der Waals surface area contributed by atoms with Gasteiger partial charge in [-0.1, -0.05) is 11.9 Å². The minimum atomic E-state index is 0.308. The molecule has 1 aliphatic heterocycles. The highest BCUT2D eigenvalue weighted by molar-refractivity contribution is 7.96. The van der Waals surface area contributed by atoms with Gasteiger partial charge in [0.15, 0.2) is 0 Å². The molecule has 3 heteroatoms. The van der Waals surface area contributed by atoms with Gasteiger partial charge in [0.2, 0.25) is 0 Å². The van der Waals surface area contributed by atoms with Crippen LogP contribution < -0.4 is 0 Å². The molecule has 0 unspecified atom stereocenters. The van der Waals surface area contributed by atoms with Gasteiger partial charge >= 0.3 is 0 Å². The summed E-state index contributed by atoms with van der Waals surface area (Å²) in [6.07, 6.45) is 2.04. The van der Waals surface area contributed by atoms with Gasteiger partial charge in [-0.25, -0.2) is 4.31 Å². The zero-order chi connectivity index (χ0) is 5.98. The van der Waals surface area contributed by atoms with Crippen LogP contribution in [0.4, 0.5) is 0 Å². The number of nitriles is 1. The van der Waals surface area contributed by atoms with E-state index in [1.54, 1.807) is 11.9 Å². The van der Waals surface area contributed by atoms with Crippen molar-refractivity contribution in [2.75, 3.05) is 19.3 Å². The zero-order valence-corrected chi connectivity index (χ0v) is 5.61. The molecule has 1 fully saturated rings. The molecule has 0 amide bonds. The van der Waals surface area contributed by atoms with E-state index in [9.17, 15) is 0 Å². The lowest BCUT2D eigenvalue weighted by Gasteiger charge is -2.32. The molecule has 1 heterocycles. The fourth-order valence-electron chi connectivity index (χ4n) is 0.669. The Morgan fingerprint density at radius 1 is 1.75 bits per heavy atom. The predicted molar refractivity (Wildman–Crippen MR) is 34.2 cm³/mol. The summed E-state index contributed by atoms with van der Waals surface area (Å²) in [5.74, 6) is 0.308. The Morgan fingerprint density at radius 2 is 2.38 bits per heavy atom. The van der Waals surface area contributed by atoms with Crippen molar-refractivity contribution < 1.29 is 0 Å². The summed E-state index contributed by atoms with van der Waals surface area (Å²) in [6, 6.07) is 2.21. The van der Waals surface area contributed by atoms with Crippen LogP contribution in [0.1, 0.15) is 0 Å². The molecular formula is C5H8N2S. The molecule has 1 saturated heterocycles. The van der Waals surface area contributed by atoms with Crippen LogP contribution >= 0.6 is 11.9 Å². The molecule has 0 radical (unpaired) electrons. The van der Waals surface area contributed by atoms with Gasteiger partial charge in [0, 0.05) is 13.1 Å². The molecule has 0 N–H and O–H groups in total. The van der Waals surface area contributed by atoms with Crippen LogP contribution in [0.25, 0.3) is 0 Å². The minimum absolute atomic E-state index is 0.308.